The van der Waals surface area contributed by atoms with Crippen LogP contribution < -0.4 is 5.32 Å². The van der Waals surface area contributed by atoms with E-state index < -0.39 is 0 Å². The van der Waals surface area contributed by atoms with Gasteiger partial charge < -0.3 is 14.6 Å². The Labute approximate surface area is 166 Å². The van der Waals surface area contributed by atoms with Crippen LogP contribution in [0.3, 0.4) is 0 Å². The summed E-state index contributed by atoms with van der Waals surface area (Å²) in [5, 5.41) is 7.48. The molecule has 1 saturated heterocycles. The summed E-state index contributed by atoms with van der Waals surface area (Å²) >= 11 is 0. The Morgan fingerprint density at radius 1 is 1.25 bits per heavy atom. The van der Waals surface area contributed by atoms with E-state index in [-0.39, 0.29) is 17.4 Å². The molecule has 2 heterocycles. The highest BCUT2D eigenvalue weighted by atomic mass is 16.5. The molecule has 1 N–H and O–H groups in total. The van der Waals surface area contributed by atoms with Crippen LogP contribution in [0, 0.1) is 11.3 Å². The Morgan fingerprint density at radius 3 is 2.71 bits per heavy atom. The maximum absolute atomic E-state index is 12.4. The highest BCUT2D eigenvalue weighted by Crippen LogP contribution is 2.47. The number of rotatable bonds is 6. The Bertz CT molecular complexity index is 796. The first-order chi connectivity index (χ1) is 13.5. The largest absolute Gasteiger partial charge is 0.379 e. The topological polar surface area (TPSA) is 67.6 Å². The van der Waals surface area contributed by atoms with Crippen LogP contribution in [-0.4, -0.2) is 48.3 Å². The first-order valence-corrected chi connectivity index (χ1v) is 10.1. The SMILES string of the molecule is CC1(C)[C@H](Cc2cc(CN3CCOCC3)on2)C[C@@H]1NC(=O)c1ccccc1. The van der Waals surface area contributed by atoms with Crippen molar-refractivity contribution in [3.8, 4) is 0 Å². The fraction of sp³-hybridized carbons (Fsp3) is 0.545. The zero-order valence-electron chi connectivity index (χ0n) is 16.7. The highest BCUT2D eigenvalue weighted by Gasteiger charge is 2.48. The molecular weight excluding hydrogens is 354 g/mol. The molecule has 2 fully saturated rings. The molecule has 0 spiro atoms. The summed E-state index contributed by atoms with van der Waals surface area (Å²) in [5.41, 5.74) is 1.76. The van der Waals surface area contributed by atoms with E-state index >= 15 is 0 Å². The van der Waals surface area contributed by atoms with Crippen LogP contribution in [0.1, 0.15) is 42.1 Å². The normalized spacial score (nSPS) is 24.5. The van der Waals surface area contributed by atoms with Gasteiger partial charge in [0.15, 0.2) is 5.76 Å². The van der Waals surface area contributed by atoms with E-state index in [1.54, 1.807) is 0 Å². The zero-order chi connectivity index (χ0) is 19.6. The lowest BCUT2D eigenvalue weighted by Gasteiger charge is -2.52. The molecule has 1 aliphatic heterocycles. The van der Waals surface area contributed by atoms with E-state index in [0.29, 0.717) is 11.5 Å². The molecule has 2 aromatic rings. The number of nitrogens with zero attached hydrogens (tertiary/aromatic N) is 2. The van der Waals surface area contributed by atoms with Crippen molar-refractivity contribution in [3.63, 3.8) is 0 Å². The predicted molar refractivity (Wildman–Crippen MR) is 106 cm³/mol. The molecule has 1 saturated carbocycles. The van der Waals surface area contributed by atoms with Gasteiger partial charge >= 0.3 is 0 Å². The van der Waals surface area contributed by atoms with Gasteiger partial charge in [0.1, 0.15) is 0 Å². The van der Waals surface area contributed by atoms with E-state index in [1.807, 2.05) is 30.3 Å². The van der Waals surface area contributed by atoms with Crippen molar-refractivity contribution in [3.05, 3.63) is 53.4 Å². The van der Waals surface area contributed by atoms with Crippen LogP contribution in [0.25, 0.3) is 0 Å². The van der Waals surface area contributed by atoms with Crippen molar-refractivity contribution in [2.24, 2.45) is 11.3 Å². The van der Waals surface area contributed by atoms with Gasteiger partial charge in [-0.1, -0.05) is 37.2 Å². The molecule has 2 aliphatic rings. The smallest absolute Gasteiger partial charge is 0.251 e. The molecule has 6 nitrogen and oxygen atoms in total. The fourth-order valence-electron chi connectivity index (χ4n) is 4.20. The Balaban J connectivity index is 1.30. The number of ether oxygens (including phenoxy) is 1. The lowest BCUT2D eigenvalue weighted by atomic mass is 9.57. The third-order valence-corrected chi connectivity index (χ3v) is 6.36. The Hall–Kier alpha value is -2.18. The second-order valence-corrected chi connectivity index (χ2v) is 8.52. The number of hydrogen-bond acceptors (Lipinski definition) is 5. The summed E-state index contributed by atoms with van der Waals surface area (Å²) in [6.07, 6.45) is 1.86. The van der Waals surface area contributed by atoms with Crippen molar-refractivity contribution in [1.82, 2.24) is 15.4 Å². The lowest BCUT2D eigenvalue weighted by molar-refractivity contribution is 0.0138. The van der Waals surface area contributed by atoms with Gasteiger partial charge in [0.25, 0.3) is 5.91 Å². The minimum absolute atomic E-state index is 0.00589. The number of carbonyl (C=O) groups is 1. The quantitative estimate of drug-likeness (QED) is 0.831. The summed E-state index contributed by atoms with van der Waals surface area (Å²) < 4.78 is 10.9. The van der Waals surface area contributed by atoms with Crippen LogP contribution in [0.5, 0.6) is 0 Å². The molecule has 0 unspecified atom stereocenters. The number of morpholine rings is 1. The number of carbonyl (C=O) groups excluding carboxylic acids is 1. The third-order valence-electron chi connectivity index (χ3n) is 6.36. The van der Waals surface area contributed by atoms with Gasteiger partial charge in [-0.15, -0.1) is 0 Å². The zero-order valence-corrected chi connectivity index (χ0v) is 16.7. The second kappa shape index (κ2) is 8.05. The van der Waals surface area contributed by atoms with Gasteiger partial charge in [-0.05, 0) is 36.3 Å². The van der Waals surface area contributed by atoms with E-state index in [2.05, 4.69) is 35.3 Å². The fourth-order valence-corrected chi connectivity index (χ4v) is 4.20. The number of nitrogens with one attached hydrogen (secondary N) is 1. The molecule has 4 rings (SSSR count). The summed E-state index contributed by atoms with van der Waals surface area (Å²) in [6.45, 7) is 8.70. The molecule has 6 heteroatoms. The van der Waals surface area contributed by atoms with Crippen LogP contribution >= 0.6 is 0 Å². The Morgan fingerprint density at radius 2 is 2.00 bits per heavy atom. The molecule has 1 amide bonds. The van der Waals surface area contributed by atoms with Crippen molar-refractivity contribution in [2.45, 2.75) is 39.3 Å². The number of benzene rings is 1. The summed E-state index contributed by atoms with van der Waals surface area (Å²) in [5.74, 6) is 1.41. The molecular formula is C22H29N3O3. The molecule has 0 radical (unpaired) electrons. The highest BCUT2D eigenvalue weighted by molar-refractivity contribution is 5.94. The van der Waals surface area contributed by atoms with Crippen molar-refractivity contribution in [1.29, 1.82) is 0 Å². The van der Waals surface area contributed by atoms with Crippen LogP contribution in [0.15, 0.2) is 40.9 Å². The first-order valence-electron chi connectivity index (χ1n) is 10.1. The molecule has 150 valence electrons. The molecule has 2 atom stereocenters. The molecule has 1 aromatic heterocycles. The minimum Gasteiger partial charge on any atom is -0.379 e. The number of amides is 1. The maximum atomic E-state index is 12.4. The maximum Gasteiger partial charge on any atom is 0.251 e. The molecule has 1 aliphatic carbocycles. The first kappa shape index (κ1) is 19.2. The van der Waals surface area contributed by atoms with Gasteiger partial charge in [-0.2, -0.15) is 0 Å². The molecule has 0 bridgehead atoms. The van der Waals surface area contributed by atoms with Crippen molar-refractivity contribution in [2.75, 3.05) is 26.3 Å². The van der Waals surface area contributed by atoms with Gasteiger partial charge in [0, 0.05) is 30.8 Å². The van der Waals surface area contributed by atoms with Crippen molar-refractivity contribution < 1.29 is 14.1 Å². The summed E-state index contributed by atoms with van der Waals surface area (Å²) in [4.78, 5) is 14.8. The molecule has 1 aromatic carbocycles. The van der Waals surface area contributed by atoms with Gasteiger partial charge in [0.2, 0.25) is 0 Å². The van der Waals surface area contributed by atoms with Gasteiger partial charge in [-0.3, -0.25) is 9.69 Å². The van der Waals surface area contributed by atoms with Crippen LogP contribution in [0.4, 0.5) is 0 Å². The van der Waals surface area contributed by atoms with E-state index in [9.17, 15) is 4.79 Å². The van der Waals surface area contributed by atoms with Gasteiger partial charge in [0.05, 0.1) is 25.5 Å². The average molecular weight is 383 g/mol. The summed E-state index contributed by atoms with van der Waals surface area (Å²) in [6, 6.07) is 11.7. The predicted octanol–water partition coefficient (Wildman–Crippen LogP) is 2.89. The Kier molecular flexibility index (Phi) is 5.51. The van der Waals surface area contributed by atoms with Gasteiger partial charge in [-0.25, -0.2) is 0 Å². The minimum atomic E-state index is 0.00589. The standard InChI is InChI=1S/C22H29N3O3/c1-22(2)17(13-20(22)23-21(26)16-6-4-3-5-7-16)12-18-14-19(28-24-18)15-25-8-10-27-11-9-25/h3-7,14,17,20H,8-13,15H2,1-2H3,(H,23,26)/t17-,20+/m1/s1. The average Bonchev–Trinajstić information content (AvgIpc) is 3.15. The number of aromatic nitrogens is 1. The lowest BCUT2D eigenvalue weighted by Crippen LogP contribution is -2.58. The third kappa shape index (κ3) is 4.13. The van der Waals surface area contributed by atoms with E-state index in [0.717, 1.165) is 57.1 Å². The second-order valence-electron chi connectivity index (χ2n) is 8.52. The van der Waals surface area contributed by atoms with Crippen LogP contribution in [-0.2, 0) is 17.7 Å². The van der Waals surface area contributed by atoms with E-state index in [1.165, 1.54) is 0 Å². The van der Waals surface area contributed by atoms with Crippen LogP contribution in [0.2, 0.25) is 0 Å². The number of hydrogen-bond donors (Lipinski definition) is 1. The summed E-state index contributed by atoms with van der Waals surface area (Å²) in [7, 11) is 0. The van der Waals surface area contributed by atoms with E-state index in [4.69, 9.17) is 9.26 Å². The molecule has 28 heavy (non-hydrogen) atoms. The monoisotopic (exact) mass is 383 g/mol. The van der Waals surface area contributed by atoms with Crippen molar-refractivity contribution >= 4 is 5.91 Å².